The molecule has 1 fully saturated rings. The predicted octanol–water partition coefficient (Wildman–Crippen LogP) is 0.926. The molecule has 1 amide bonds. The van der Waals surface area contributed by atoms with Crippen molar-refractivity contribution in [1.82, 2.24) is 19.6 Å². The number of nitrogens with zero attached hydrogens (tertiary/aromatic N) is 4. The van der Waals surface area contributed by atoms with Crippen LogP contribution in [0.15, 0.2) is 12.4 Å². The Bertz CT molecular complexity index is 578. The third-order valence-electron chi connectivity index (χ3n) is 3.57. The van der Waals surface area contributed by atoms with Crippen LogP contribution < -0.4 is 0 Å². The van der Waals surface area contributed by atoms with E-state index in [2.05, 4.69) is 5.10 Å². The van der Waals surface area contributed by atoms with Gasteiger partial charge in [-0.1, -0.05) is 0 Å². The van der Waals surface area contributed by atoms with Crippen LogP contribution >= 0.6 is 0 Å². The molecule has 1 atom stereocenters. The number of carbonyl (C=O) groups is 2. The van der Waals surface area contributed by atoms with Crippen LogP contribution in [0.3, 0.4) is 0 Å². The van der Waals surface area contributed by atoms with Gasteiger partial charge >= 0.3 is 12.1 Å². The van der Waals surface area contributed by atoms with Crippen molar-refractivity contribution in [2.75, 3.05) is 19.6 Å². The second kappa shape index (κ2) is 6.57. The Labute approximate surface area is 135 Å². The van der Waals surface area contributed by atoms with Gasteiger partial charge in [-0.2, -0.15) is 5.10 Å². The minimum Gasteiger partial charge on any atom is -0.480 e. The zero-order valence-corrected chi connectivity index (χ0v) is 14.0. The monoisotopic (exact) mass is 324 g/mol. The maximum Gasteiger partial charge on any atom is 0.410 e. The molecule has 1 saturated heterocycles. The Morgan fingerprint density at radius 2 is 2.09 bits per heavy atom. The maximum absolute atomic E-state index is 12.1. The lowest BCUT2D eigenvalue weighted by atomic mass is 10.1. The van der Waals surface area contributed by atoms with E-state index in [4.69, 9.17) is 4.74 Å². The fraction of sp³-hybridized carbons (Fsp3) is 0.667. The van der Waals surface area contributed by atoms with Gasteiger partial charge in [0, 0.05) is 38.4 Å². The second-order valence-electron chi connectivity index (χ2n) is 6.77. The van der Waals surface area contributed by atoms with E-state index < -0.39 is 23.7 Å². The highest BCUT2D eigenvalue weighted by atomic mass is 16.6. The van der Waals surface area contributed by atoms with Gasteiger partial charge in [0.25, 0.3) is 0 Å². The van der Waals surface area contributed by atoms with Crippen LogP contribution in [0.25, 0.3) is 0 Å². The van der Waals surface area contributed by atoms with Crippen LogP contribution in [-0.2, 0) is 23.1 Å². The zero-order valence-electron chi connectivity index (χ0n) is 14.0. The lowest BCUT2D eigenvalue weighted by Crippen LogP contribution is -2.57. The first kappa shape index (κ1) is 17.3. The van der Waals surface area contributed by atoms with Crippen molar-refractivity contribution in [2.45, 2.75) is 39.0 Å². The van der Waals surface area contributed by atoms with Crippen molar-refractivity contribution < 1.29 is 19.4 Å². The Morgan fingerprint density at radius 1 is 1.39 bits per heavy atom. The standard InChI is InChI=1S/C15H24N4O4/c1-15(2,3)23-14(22)19-6-5-18(12(10-19)13(20)21)9-11-7-16-17(4)8-11/h7-8,12H,5-6,9-10H2,1-4H3,(H,20,21)/t12-/m0/s1. The average Bonchev–Trinajstić information content (AvgIpc) is 2.82. The second-order valence-corrected chi connectivity index (χ2v) is 6.77. The number of carboxylic acids is 1. The van der Waals surface area contributed by atoms with Crippen LogP contribution in [0.1, 0.15) is 26.3 Å². The van der Waals surface area contributed by atoms with Crippen LogP contribution in [0.5, 0.6) is 0 Å². The van der Waals surface area contributed by atoms with Gasteiger partial charge in [0.2, 0.25) is 0 Å². The molecule has 0 aliphatic carbocycles. The molecule has 23 heavy (non-hydrogen) atoms. The number of amides is 1. The van der Waals surface area contributed by atoms with E-state index in [1.165, 1.54) is 4.90 Å². The molecule has 0 bridgehead atoms. The Kier molecular flexibility index (Phi) is 4.93. The summed E-state index contributed by atoms with van der Waals surface area (Å²) in [6, 6.07) is -0.753. The Balaban J connectivity index is 2.03. The van der Waals surface area contributed by atoms with Gasteiger partial charge < -0.3 is 14.7 Å². The molecule has 128 valence electrons. The van der Waals surface area contributed by atoms with Crippen molar-refractivity contribution in [2.24, 2.45) is 7.05 Å². The van der Waals surface area contributed by atoms with Crippen LogP contribution in [0.2, 0.25) is 0 Å². The minimum absolute atomic E-state index is 0.116. The fourth-order valence-electron chi connectivity index (χ4n) is 2.52. The summed E-state index contributed by atoms with van der Waals surface area (Å²) in [5.41, 5.74) is 0.354. The number of ether oxygens (including phenoxy) is 1. The summed E-state index contributed by atoms with van der Waals surface area (Å²) < 4.78 is 7.01. The van der Waals surface area contributed by atoms with Gasteiger partial charge in [0.15, 0.2) is 0 Å². The highest BCUT2D eigenvalue weighted by Crippen LogP contribution is 2.17. The number of hydrogen-bond donors (Lipinski definition) is 1. The summed E-state index contributed by atoms with van der Waals surface area (Å²) in [5.74, 6) is -0.942. The zero-order chi connectivity index (χ0) is 17.2. The van der Waals surface area contributed by atoms with Gasteiger partial charge in [0.05, 0.1) is 12.7 Å². The fourth-order valence-corrected chi connectivity index (χ4v) is 2.52. The molecule has 0 radical (unpaired) electrons. The molecular formula is C15H24N4O4. The molecule has 1 aliphatic heterocycles. The van der Waals surface area contributed by atoms with Gasteiger partial charge in [-0.3, -0.25) is 14.4 Å². The first-order valence-corrected chi connectivity index (χ1v) is 7.58. The highest BCUT2D eigenvalue weighted by molar-refractivity contribution is 5.76. The van der Waals surface area contributed by atoms with E-state index in [1.807, 2.05) is 18.1 Å². The van der Waals surface area contributed by atoms with E-state index in [1.54, 1.807) is 31.6 Å². The summed E-state index contributed by atoms with van der Waals surface area (Å²) in [5, 5.41) is 13.6. The van der Waals surface area contributed by atoms with Crippen molar-refractivity contribution >= 4 is 12.1 Å². The minimum atomic E-state index is -0.942. The summed E-state index contributed by atoms with van der Waals surface area (Å²) in [6.45, 7) is 6.90. The Morgan fingerprint density at radius 3 is 2.61 bits per heavy atom. The Hall–Kier alpha value is -2.09. The average molecular weight is 324 g/mol. The van der Waals surface area contributed by atoms with Gasteiger partial charge in [-0.05, 0) is 20.8 Å². The topological polar surface area (TPSA) is 87.9 Å². The van der Waals surface area contributed by atoms with Crippen LogP contribution in [0, 0.1) is 0 Å². The number of aliphatic carboxylic acids is 1. The highest BCUT2D eigenvalue weighted by Gasteiger charge is 2.35. The molecule has 0 unspecified atom stereocenters. The van der Waals surface area contributed by atoms with Gasteiger partial charge in [0.1, 0.15) is 11.6 Å². The summed E-state index contributed by atoms with van der Waals surface area (Å²) in [4.78, 5) is 27.0. The lowest BCUT2D eigenvalue weighted by molar-refractivity contribution is -0.145. The molecule has 2 heterocycles. The smallest absolute Gasteiger partial charge is 0.410 e. The number of aryl methyl sites for hydroxylation is 1. The first-order valence-electron chi connectivity index (χ1n) is 7.58. The normalized spacial score (nSPS) is 19.7. The molecule has 1 aromatic heterocycles. The third kappa shape index (κ3) is 4.69. The van der Waals surface area contributed by atoms with E-state index in [0.29, 0.717) is 19.6 Å². The quantitative estimate of drug-likeness (QED) is 0.890. The summed E-state index contributed by atoms with van der Waals surface area (Å²) in [6.07, 6.45) is 3.11. The molecule has 8 nitrogen and oxygen atoms in total. The molecule has 1 N–H and O–H groups in total. The molecule has 8 heteroatoms. The predicted molar refractivity (Wildman–Crippen MR) is 82.8 cm³/mol. The number of piperazine rings is 1. The first-order chi connectivity index (χ1) is 10.7. The lowest BCUT2D eigenvalue weighted by Gasteiger charge is -2.39. The molecule has 1 aromatic rings. The number of hydrogen-bond acceptors (Lipinski definition) is 5. The number of aromatic nitrogens is 2. The van der Waals surface area contributed by atoms with E-state index >= 15 is 0 Å². The summed E-state index contributed by atoms with van der Waals surface area (Å²) >= 11 is 0. The van der Waals surface area contributed by atoms with Gasteiger partial charge in [-0.25, -0.2) is 4.79 Å². The van der Waals surface area contributed by atoms with E-state index in [0.717, 1.165) is 5.56 Å². The van der Waals surface area contributed by atoms with Crippen molar-refractivity contribution in [3.63, 3.8) is 0 Å². The molecular weight excluding hydrogens is 300 g/mol. The summed E-state index contributed by atoms with van der Waals surface area (Å²) in [7, 11) is 1.82. The maximum atomic E-state index is 12.1. The molecule has 0 saturated carbocycles. The molecule has 0 aromatic carbocycles. The van der Waals surface area contributed by atoms with E-state index in [9.17, 15) is 14.7 Å². The van der Waals surface area contributed by atoms with Crippen molar-refractivity contribution in [3.8, 4) is 0 Å². The van der Waals surface area contributed by atoms with Gasteiger partial charge in [-0.15, -0.1) is 0 Å². The third-order valence-corrected chi connectivity index (χ3v) is 3.57. The van der Waals surface area contributed by atoms with Crippen LogP contribution in [0.4, 0.5) is 4.79 Å². The molecule has 2 rings (SSSR count). The van der Waals surface area contributed by atoms with E-state index in [-0.39, 0.29) is 6.54 Å². The van der Waals surface area contributed by atoms with Crippen molar-refractivity contribution in [3.05, 3.63) is 18.0 Å². The SMILES string of the molecule is Cn1cc(CN2CCN(C(=O)OC(C)(C)C)C[C@H]2C(=O)O)cn1. The number of rotatable bonds is 3. The molecule has 1 aliphatic rings. The van der Waals surface area contributed by atoms with Crippen LogP contribution in [-0.4, -0.2) is 68.0 Å². The number of carboxylic acid groups (broad SMARTS) is 1. The molecule has 0 spiro atoms. The largest absolute Gasteiger partial charge is 0.480 e. The number of carbonyl (C=O) groups excluding carboxylic acids is 1. The van der Waals surface area contributed by atoms with Crippen molar-refractivity contribution in [1.29, 1.82) is 0 Å².